The Bertz CT molecular complexity index is 770. The number of carbonyl (C=O) groups excluding carboxylic acids is 1. The van der Waals surface area contributed by atoms with Gasteiger partial charge in [-0.1, -0.05) is 36.4 Å². The molecule has 0 aliphatic carbocycles. The SMILES string of the molecule is CC(Oc1cccc2ccccc12)C(=O)N1CCOC(CC(=O)O)C1. The van der Waals surface area contributed by atoms with E-state index in [9.17, 15) is 9.59 Å². The molecule has 1 N–H and O–H groups in total. The van der Waals surface area contributed by atoms with Crippen molar-refractivity contribution in [1.29, 1.82) is 0 Å². The number of carboxylic acids is 1. The summed E-state index contributed by atoms with van der Waals surface area (Å²) in [5.41, 5.74) is 0. The van der Waals surface area contributed by atoms with Gasteiger partial charge in [0.05, 0.1) is 19.1 Å². The number of carbonyl (C=O) groups is 2. The Labute approximate surface area is 145 Å². The fraction of sp³-hybridized carbons (Fsp3) is 0.368. The van der Waals surface area contributed by atoms with Crippen LogP contribution in [0.4, 0.5) is 0 Å². The summed E-state index contributed by atoms with van der Waals surface area (Å²) >= 11 is 0. The van der Waals surface area contributed by atoms with Gasteiger partial charge in [0.2, 0.25) is 0 Å². The topological polar surface area (TPSA) is 76.1 Å². The number of amides is 1. The molecule has 6 nitrogen and oxygen atoms in total. The molecule has 1 heterocycles. The standard InChI is InChI=1S/C19H21NO5/c1-13(19(23)20-9-10-24-15(12-20)11-18(21)22)25-17-8-4-6-14-5-2-3-7-16(14)17/h2-8,13,15H,9-12H2,1H3,(H,21,22). The normalized spacial score (nSPS) is 18.8. The lowest BCUT2D eigenvalue weighted by molar-refractivity contribution is -0.151. The highest BCUT2D eigenvalue weighted by Gasteiger charge is 2.29. The van der Waals surface area contributed by atoms with Crippen molar-refractivity contribution >= 4 is 22.6 Å². The summed E-state index contributed by atoms with van der Waals surface area (Å²) in [4.78, 5) is 25.1. The maximum absolute atomic E-state index is 12.7. The third kappa shape index (κ3) is 4.09. The molecule has 1 fully saturated rings. The van der Waals surface area contributed by atoms with Gasteiger partial charge >= 0.3 is 5.97 Å². The van der Waals surface area contributed by atoms with Gasteiger partial charge in [-0.25, -0.2) is 0 Å². The average molecular weight is 343 g/mol. The molecule has 2 unspecified atom stereocenters. The van der Waals surface area contributed by atoms with E-state index >= 15 is 0 Å². The van der Waals surface area contributed by atoms with E-state index in [-0.39, 0.29) is 18.9 Å². The summed E-state index contributed by atoms with van der Waals surface area (Å²) in [7, 11) is 0. The minimum atomic E-state index is -0.931. The predicted octanol–water partition coefficient (Wildman–Crippen LogP) is 2.31. The molecule has 132 valence electrons. The first kappa shape index (κ1) is 17.2. The van der Waals surface area contributed by atoms with E-state index in [0.717, 1.165) is 10.8 Å². The summed E-state index contributed by atoms with van der Waals surface area (Å²) in [6.07, 6.45) is -1.24. The van der Waals surface area contributed by atoms with Crippen molar-refractivity contribution in [3.8, 4) is 5.75 Å². The second-order valence-electron chi connectivity index (χ2n) is 6.11. The molecular weight excluding hydrogens is 322 g/mol. The van der Waals surface area contributed by atoms with Gasteiger partial charge in [0.1, 0.15) is 5.75 Å². The van der Waals surface area contributed by atoms with Crippen LogP contribution in [0.25, 0.3) is 10.8 Å². The summed E-state index contributed by atoms with van der Waals surface area (Å²) in [5.74, 6) is -0.430. The molecule has 6 heteroatoms. The number of ether oxygens (including phenoxy) is 2. The lowest BCUT2D eigenvalue weighted by atomic mass is 10.1. The monoisotopic (exact) mass is 343 g/mol. The van der Waals surface area contributed by atoms with E-state index in [1.807, 2.05) is 42.5 Å². The highest BCUT2D eigenvalue weighted by molar-refractivity contribution is 5.89. The highest BCUT2D eigenvalue weighted by atomic mass is 16.5. The van der Waals surface area contributed by atoms with E-state index in [1.165, 1.54) is 0 Å². The highest BCUT2D eigenvalue weighted by Crippen LogP contribution is 2.26. The predicted molar refractivity (Wildman–Crippen MR) is 92.6 cm³/mol. The molecular formula is C19H21NO5. The van der Waals surface area contributed by atoms with Crippen LogP contribution >= 0.6 is 0 Å². The second-order valence-corrected chi connectivity index (χ2v) is 6.11. The number of benzene rings is 2. The van der Waals surface area contributed by atoms with Crippen molar-refractivity contribution in [2.24, 2.45) is 0 Å². The summed E-state index contributed by atoms with van der Waals surface area (Å²) < 4.78 is 11.3. The Morgan fingerprint density at radius 2 is 2.04 bits per heavy atom. The Balaban J connectivity index is 1.69. The maximum atomic E-state index is 12.7. The van der Waals surface area contributed by atoms with Crippen LogP contribution in [0, 0.1) is 0 Å². The van der Waals surface area contributed by atoms with Gasteiger partial charge in [-0.3, -0.25) is 9.59 Å². The number of hydrogen-bond donors (Lipinski definition) is 1. The van der Waals surface area contributed by atoms with Crippen LogP contribution in [0.5, 0.6) is 5.75 Å². The van der Waals surface area contributed by atoms with Gasteiger partial charge in [-0.2, -0.15) is 0 Å². The van der Waals surface area contributed by atoms with Gasteiger partial charge in [-0.15, -0.1) is 0 Å². The smallest absolute Gasteiger partial charge is 0.306 e. The zero-order valence-corrected chi connectivity index (χ0v) is 14.1. The van der Waals surface area contributed by atoms with Crippen molar-refractivity contribution in [1.82, 2.24) is 4.90 Å². The van der Waals surface area contributed by atoms with Gasteiger partial charge in [0.25, 0.3) is 5.91 Å². The third-order valence-corrected chi connectivity index (χ3v) is 4.25. The Hall–Kier alpha value is -2.60. The average Bonchev–Trinajstić information content (AvgIpc) is 2.61. The molecule has 0 radical (unpaired) electrons. The molecule has 1 amide bonds. The number of fused-ring (bicyclic) bond motifs is 1. The summed E-state index contributed by atoms with van der Waals surface area (Å²) in [5, 5.41) is 10.9. The van der Waals surface area contributed by atoms with Crippen molar-refractivity contribution in [2.75, 3.05) is 19.7 Å². The van der Waals surface area contributed by atoms with Crippen LogP contribution in [-0.4, -0.2) is 53.8 Å². The molecule has 0 bridgehead atoms. The fourth-order valence-corrected chi connectivity index (χ4v) is 3.03. The van der Waals surface area contributed by atoms with Gasteiger partial charge < -0.3 is 19.5 Å². The summed E-state index contributed by atoms with van der Waals surface area (Å²) in [6.45, 7) is 2.77. The van der Waals surface area contributed by atoms with Gasteiger partial charge in [0, 0.05) is 18.5 Å². The zero-order chi connectivity index (χ0) is 17.8. The zero-order valence-electron chi connectivity index (χ0n) is 14.1. The third-order valence-electron chi connectivity index (χ3n) is 4.25. The van der Waals surface area contributed by atoms with Crippen LogP contribution in [0.1, 0.15) is 13.3 Å². The first-order valence-electron chi connectivity index (χ1n) is 8.31. The van der Waals surface area contributed by atoms with E-state index in [1.54, 1.807) is 11.8 Å². The number of rotatable bonds is 5. The number of carboxylic acid groups (broad SMARTS) is 1. The number of nitrogens with zero attached hydrogens (tertiary/aromatic N) is 1. The molecule has 0 aromatic heterocycles. The van der Waals surface area contributed by atoms with E-state index < -0.39 is 18.2 Å². The van der Waals surface area contributed by atoms with Crippen molar-refractivity contribution in [3.05, 3.63) is 42.5 Å². The van der Waals surface area contributed by atoms with E-state index in [4.69, 9.17) is 14.6 Å². The van der Waals surface area contributed by atoms with Crippen molar-refractivity contribution in [2.45, 2.75) is 25.6 Å². The molecule has 0 saturated carbocycles. The molecule has 2 atom stereocenters. The first-order valence-corrected chi connectivity index (χ1v) is 8.31. The molecule has 0 spiro atoms. The fourth-order valence-electron chi connectivity index (χ4n) is 3.03. The van der Waals surface area contributed by atoms with Crippen LogP contribution in [0.15, 0.2) is 42.5 Å². The van der Waals surface area contributed by atoms with Crippen LogP contribution < -0.4 is 4.74 Å². The Kier molecular flexibility index (Phi) is 5.19. The Morgan fingerprint density at radius 1 is 1.28 bits per heavy atom. The number of aliphatic carboxylic acids is 1. The molecule has 1 aliphatic heterocycles. The van der Waals surface area contributed by atoms with Crippen LogP contribution in [0.2, 0.25) is 0 Å². The van der Waals surface area contributed by atoms with E-state index in [2.05, 4.69) is 0 Å². The molecule has 3 rings (SSSR count). The van der Waals surface area contributed by atoms with Gasteiger partial charge in [-0.05, 0) is 18.4 Å². The lowest BCUT2D eigenvalue weighted by Crippen LogP contribution is -2.50. The molecule has 2 aromatic carbocycles. The minimum Gasteiger partial charge on any atom is -0.481 e. The molecule has 1 saturated heterocycles. The minimum absolute atomic E-state index is 0.109. The lowest BCUT2D eigenvalue weighted by Gasteiger charge is -2.33. The largest absolute Gasteiger partial charge is 0.481 e. The molecule has 1 aliphatic rings. The van der Waals surface area contributed by atoms with Crippen molar-refractivity contribution < 1.29 is 24.2 Å². The second kappa shape index (κ2) is 7.53. The van der Waals surface area contributed by atoms with Crippen LogP contribution in [0.3, 0.4) is 0 Å². The number of hydrogen-bond acceptors (Lipinski definition) is 4. The molecule has 2 aromatic rings. The molecule has 25 heavy (non-hydrogen) atoms. The maximum Gasteiger partial charge on any atom is 0.306 e. The summed E-state index contributed by atoms with van der Waals surface area (Å²) in [6, 6.07) is 13.6. The quantitative estimate of drug-likeness (QED) is 0.901. The van der Waals surface area contributed by atoms with E-state index in [0.29, 0.717) is 18.9 Å². The van der Waals surface area contributed by atoms with Gasteiger partial charge in [0.15, 0.2) is 6.10 Å². The number of morpholine rings is 1. The van der Waals surface area contributed by atoms with Crippen molar-refractivity contribution in [3.63, 3.8) is 0 Å². The first-order chi connectivity index (χ1) is 12.0. The Morgan fingerprint density at radius 3 is 2.84 bits per heavy atom. The van der Waals surface area contributed by atoms with Crippen LogP contribution in [-0.2, 0) is 14.3 Å².